The van der Waals surface area contributed by atoms with Crippen LogP contribution in [0.1, 0.15) is 121 Å². The van der Waals surface area contributed by atoms with Crippen LogP contribution >= 0.6 is 0 Å². The Labute approximate surface area is 247 Å². The predicted octanol–water partition coefficient (Wildman–Crippen LogP) is 10.3. The summed E-state index contributed by atoms with van der Waals surface area (Å²) in [5.74, 6) is 2.06. The summed E-state index contributed by atoms with van der Waals surface area (Å²) in [5, 5.41) is 16.2. The Morgan fingerprint density at radius 1 is 0.927 bits per heavy atom. The Kier molecular flexibility index (Phi) is 15.3. The molecule has 2 aliphatic rings. The highest BCUT2D eigenvalue weighted by Crippen LogP contribution is 2.41. The summed E-state index contributed by atoms with van der Waals surface area (Å²) in [7, 11) is 0. The molecule has 0 aliphatic heterocycles. The molecule has 2 aromatic carbocycles. The topological polar surface area (TPSA) is 57.5 Å². The molecule has 5 heteroatoms. The number of benzene rings is 2. The average molecular weight is 571 g/mol. The molecular formula is C36H52F2O3. The van der Waals surface area contributed by atoms with E-state index in [2.05, 4.69) is 26.5 Å². The highest BCUT2D eigenvalue weighted by Gasteiger charge is 2.26. The van der Waals surface area contributed by atoms with Crippen molar-refractivity contribution in [1.29, 1.82) is 0 Å². The third-order valence-electron chi connectivity index (χ3n) is 8.65. The number of carbonyl (C=O) groups is 1. The lowest BCUT2D eigenvalue weighted by atomic mass is 9.75. The quantitative estimate of drug-likeness (QED) is 0.245. The molecule has 41 heavy (non-hydrogen) atoms. The van der Waals surface area contributed by atoms with Crippen LogP contribution in [0.15, 0.2) is 48.6 Å². The normalized spacial score (nSPS) is 22.8. The number of carboxylic acid groups (broad SMARTS) is 1. The summed E-state index contributed by atoms with van der Waals surface area (Å²) in [6.07, 6.45) is 12.6. The van der Waals surface area contributed by atoms with E-state index in [1.54, 1.807) is 6.07 Å². The molecule has 0 radical (unpaired) electrons. The zero-order chi connectivity index (χ0) is 30.4. The molecule has 0 aromatic heterocycles. The molecule has 3 nitrogen and oxygen atoms in total. The first-order valence-corrected chi connectivity index (χ1v) is 15.5. The van der Waals surface area contributed by atoms with Crippen molar-refractivity contribution < 1.29 is 23.8 Å². The van der Waals surface area contributed by atoms with E-state index >= 15 is 8.78 Å². The van der Waals surface area contributed by atoms with Crippen LogP contribution < -0.4 is 0 Å². The van der Waals surface area contributed by atoms with Crippen LogP contribution in [-0.4, -0.2) is 23.3 Å². The maximum atomic E-state index is 15.1. The van der Waals surface area contributed by atoms with E-state index in [9.17, 15) is 5.11 Å². The number of rotatable bonds is 8. The van der Waals surface area contributed by atoms with Crippen molar-refractivity contribution in [3.05, 3.63) is 71.3 Å². The van der Waals surface area contributed by atoms with E-state index in [4.69, 9.17) is 9.90 Å². The maximum Gasteiger partial charge on any atom is 0.290 e. The van der Waals surface area contributed by atoms with Crippen LogP contribution in [0.3, 0.4) is 0 Å². The van der Waals surface area contributed by atoms with E-state index in [1.807, 2.05) is 32.0 Å². The molecule has 1 atom stereocenters. The molecule has 2 fully saturated rings. The first kappa shape index (κ1) is 34.7. The molecule has 0 spiro atoms. The molecule has 2 N–H and O–H groups in total. The molecule has 4 rings (SSSR count). The van der Waals surface area contributed by atoms with Gasteiger partial charge in [-0.15, -0.1) is 6.58 Å². The number of halogens is 2. The minimum Gasteiger partial charge on any atom is -0.483 e. The third kappa shape index (κ3) is 11.3. The van der Waals surface area contributed by atoms with Crippen molar-refractivity contribution in [2.24, 2.45) is 17.8 Å². The summed E-state index contributed by atoms with van der Waals surface area (Å²) >= 11 is 0. The number of aliphatic hydroxyl groups excluding tert-OH is 1. The van der Waals surface area contributed by atoms with E-state index in [0.29, 0.717) is 28.9 Å². The molecule has 2 aliphatic carbocycles. The van der Waals surface area contributed by atoms with E-state index in [-0.39, 0.29) is 30.6 Å². The van der Waals surface area contributed by atoms with Gasteiger partial charge < -0.3 is 10.2 Å². The van der Waals surface area contributed by atoms with Crippen LogP contribution in [0.4, 0.5) is 8.78 Å². The molecule has 1 unspecified atom stereocenters. The smallest absolute Gasteiger partial charge is 0.290 e. The number of hydrogen-bond acceptors (Lipinski definition) is 2. The van der Waals surface area contributed by atoms with Gasteiger partial charge in [-0.2, -0.15) is 0 Å². The minimum absolute atomic E-state index is 0.206. The zero-order valence-corrected chi connectivity index (χ0v) is 25.7. The van der Waals surface area contributed by atoms with Gasteiger partial charge in [0.25, 0.3) is 6.47 Å². The van der Waals surface area contributed by atoms with E-state index in [1.165, 1.54) is 37.3 Å². The molecule has 0 bridgehead atoms. The Morgan fingerprint density at radius 2 is 1.49 bits per heavy atom. The lowest BCUT2D eigenvalue weighted by Crippen LogP contribution is -2.17. The standard InChI is InChI=1S/C31H42F2O.C4H8.CH2O2/c1-3-4-22-5-9-24(10-6-22)26-13-15-29(30(32)18-26)27-14-16-28(31(33)19-27)25-11-7-23(8-12-25)17-21(2)20-34;1-4(2)3;2-1-3/h13-16,18-19,21-25,34H,3-12,17,20H2,1-2H3;1H2,2-3H3;1H,(H,2,3). The fraction of sp³-hybridized carbons (Fsp3) is 0.583. The van der Waals surface area contributed by atoms with Gasteiger partial charge in [0, 0.05) is 12.2 Å². The third-order valence-corrected chi connectivity index (χ3v) is 8.65. The number of aliphatic hydroxyl groups is 1. The average Bonchev–Trinajstić information content (AvgIpc) is 2.94. The van der Waals surface area contributed by atoms with Gasteiger partial charge in [-0.3, -0.25) is 4.79 Å². The van der Waals surface area contributed by atoms with Crippen molar-refractivity contribution >= 4 is 6.47 Å². The van der Waals surface area contributed by atoms with Crippen molar-refractivity contribution in [3.8, 4) is 11.1 Å². The van der Waals surface area contributed by atoms with Crippen molar-refractivity contribution in [2.45, 2.75) is 110 Å². The van der Waals surface area contributed by atoms with Crippen LogP contribution in [-0.2, 0) is 4.79 Å². The second-order valence-corrected chi connectivity index (χ2v) is 12.5. The van der Waals surface area contributed by atoms with Crippen LogP contribution in [0.5, 0.6) is 0 Å². The molecular weight excluding hydrogens is 518 g/mol. The van der Waals surface area contributed by atoms with Gasteiger partial charge in [-0.25, -0.2) is 8.78 Å². The number of hydrogen-bond donors (Lipinski definition) is 2. The summed E-state index contributed by atoms with van der Waals surface area (Å²) in [6, 6.07) is 10.9. The zero-order valence-electron chi connectivity index (χ0n) is 25.7. The van der Waals surface area contributed by atoms with Gasteiger partial charge in [0.2, 0.25) is 0 Å². The van der Waals surface area contributed by atoms with Crippen molar-refractivity contribution in [1.82, 2.24) is 0 Å². The largest absolute Gasteiger partial charge is 0.483 e. The minimum atomic E-state index is -0.250. The van der Waals surface area contributed by atoms with Gasteiger partial charge in [0.1, 0.15) is 11.6 Å². The summed E-state index contributed by atoms with van der Waals surface area (Å²) < 4.78 is 30.2. The van der Waals surface area contributed by atoms with Crippen LogP contribution in [0.25, 0.3) is 11.1 Å². The molecule has 0 heterocycles. The highest BCUT2D eigenvalue weighted by atomic mass is 19.1. The van der Waals surface area contributed by atoms with Gasteiger partial charge in [-0.1, -0.05) is 56.5 Å². The molecule has 2 aromatic rings. The predicted molar refractivity (Wildman–Crippen MR) is 166 cm³/mol. The number of allylic oxidation sites excluding steroid dienone is 1. The Bertz CT molecular complexity index is 1060. The summed E-state index contributed by atoms with van der Waals surface area (Å²) in [5.41, 5.74) is 4.16. The van der Waals surface area contributed by atoms with Gasteiger partial charge in [-0.05, 0) is 130 Å². The first-order valence-electron chi connectivity index (χ1n) is 15.5. The van der Waals surface area contributed by atoms with Gasteiger partial charge >= 0.3 is 0 Å². The monoisotopic (exact) mass is 570 g/mol. The van der Waals surface area contributed by atoms with Crippen LogP contribution in [0, 0.1) is 29.4 Å². The SMILES string of the molecule is C=C(C)C.CCCC1CCC(c2ccc(-c3ccc(C4CCC(CC(C)CO)CC4)c(F)c3)c(F)c2)CC1.O=CO. The second-order valence-electron chi connectivity index (χ2n) is 12.5. The fourth-order valence-corrected chi connectivity index (χ4v) is 6.59. The molecule has 228 valence electrons. The van der Waals surface area contributed by atoms with E-state index < -0.39 is 0 Å². The Balaban J connectivity index is 0.000000759. The molecule has 0 saturated heterocycles. The molecule has 2 saturated carbocycles. The van der Waals surface area contributed by atoms with Crippen LogP contribution in [0.2, 0.25) is 0 Å². The lowest BCUT2D eigenvalue weighted by Gasteiger charge is -2.30. The first-order chi connectivity index (χ1) is 19.6. The Morgan fingerprint density at radius 3 is 2.00 bits per heavy atom. The highest BCUT2D eigenvalue weighted by molar-refractivity contribution is 5.65. The van der Waals surface area contributed by atoms with Crippen molar-refractivity contribution in [2.75, 3.05) is 6.61 Å². The maximum absolute atomic E-state index is 15.1. The van der Waals surface area contributed by atoms with Gasteiger partial charge in [0.15, 0.2) is 0 Å². The summed E-state index contributed by atoms with van der Waals surface area (Å²) in [6.45, 7) is 11.8. The van der Waals surface area contributed by atoms with Gasteiger partial charge in [0.05, 0.1) is 0 Å². The fourth-order valence-electron chi connectivity index (χ4n) is 6.59. The van der Waals surface area contributed by atoms with E-state index in [0.717, 1.165) is 62.0 Å². The Hall–Kier alpha value is -2.53. The second kappa shape index (κ2) is 18.1. The van der Waals surface area contributed by atoms with Crippen molar-refractivity contribution in [3.63, 3.8) is 0 Å². The molecule has 0 amide bonds. The summed E-state index contributed by atoms with van der Waals surface area (Å²) in [4.78, 5) is 8.36. The lowest BCUT2D eigenvalue weighted by molar-refractivity contribution is -0.122.